The maximum absolute atomic E-state index is 13.0. The third-order valence-corrected chi connectivity index (χ3v) is 8.03. The molecule has 2 fully saturated rings. The Kier molecular flexibility index (Phi) is 8.78. The van der Waals surface area contributed by atoms with Crippen LogP contribution in [0.25, 0.3) is 11.3 Å². The lowest BCUT2D eigenvalue weighted by atomic mass is 10.0. The zero-order valence-electron chi connectivity index (χ0n) is 22.3. The predicted molar refractivity (Wildman–Crippen MR) is 153 cm³/mol. The van der Waals surface area contributed by atoms with Gasteiger partial charge in [-0.2, -0.15) is 0 Å². The maximum atomic E-state index is 13.0. The van der Waals surface area contributed by atoms with Crippen LogP contribution < -0.4 is 10.6 Å². The summed E-state index contributed by atoms with van der Waals surface area (Å²) in [5.41, 5.74) is 2.82. The van der Waals surface area contributed by atoms with Gasteiger partial charge in [-0.25, -0.2) is 14.6 Å². The van der Waals surface area contributed by atoms with Crippen molar-refractivity contribution in [1.29, 1.82) is 0 Å². The molecule has 214 valence electrons. The summed E-state index contributed by atoms with van der Waals surface area (Å²) in [7, 11) is 0. The van der Waals surface area contributed by atoms with Crippen molar-refractivity contribution in [3.63, 3.8) is 0 Å². The fraction of sp³-hybridized carbons (Fsp3) is 0.345. The van der Waals surface area contributed by atoms with Crippen molar-refractivity contribution >= 4 is 40.5 Å². The van der Waals surface area contributed by atoms with Gasteiger partial charge in [-0.05, 0) is 43.4 Å². The molecule has 0 aliphatic carbocycles. The van der Waals surface area contributed by atoms with Crippen LogP contribution in [-0.2, 0) is 16.1 Å². The number of hydrogen-bond acceptors (Lipinski definition) is 7. The number of carboxylic acid groups (broad SMARTS) is 1. The van der Waals surface area contributed by atoms with E-state index >= 15 is 0 Å². The first-order chi connectivity index (χ1) is 19.9. The highest BCUT2D eigenvalue weighted by molar-refractivity contribution is 7.14. The van der Waals surface area contributed by atoms with Crippen molar-refractivity contribution in [3.05, 3.63) is 71.1 Å². The van der Waals surface area contributed by atoms with Gasteiger partial charge in [0.2, 0.25) is 5.91 Å². The number of carbonyl (C=O) groups is 4. The standard InChI is InChI=1S/C29H31N5O6S/c35-25(30-22-12-15-33(16-13-22)28(37)38)21-10-8-20(9-11-21)23-18-41-27(31-23)32-26(36)24-7-4-14-34(24)29(39)40-17-19-5-2-1-3-6-19/h1-3,5-6,8-11,18,22,24H,4,7,12-17H2,(H,30,35)(H,37,38)(H,31,32,36). The van der Waals surface area contributed by atoms with Crippen LogP contribution in [0.4, 0.5) is 14.7 Å². The van der Waals surface area contributed by atoms with Crippen LogP contribution >= 0.6 is 11.3 Å². The minimum atomic E-state index is -0.935. The van der Waals surface area contributed by atoms with Crippen molar-refractivity contribution in [1.82, 2.24) is 20.1 Å². The number of nitrogens with one attached hydrogen (secondary N) is 2. The zero-order chi connectivity index (χ0) is 28.8. The van der Waals surface area contributed by atoms with E-state index in [4.69, 9.17) is 9.84 Å². The van der Waals surface area contributed by atoms with Crippen molar-refractivity contribution in [2.24, 2.45) is 0 Å². The molecule has 12 heteroatoms. The van der Waals surface area contributed by atoms with E-state index in [1.165, 1.54) is 21.1 Å². The Labute approximate surface area is 241 Å². The molecular weight excluding hydrogens is 546 g/mol. The van der Waals surface area contributed by atoms with E-state index in [2.05, 4.69) is 15.6 Å². The van der Waals surface area contributed by atoms with E-state index < -0.39 is 18.2 Å². The smallest absolute Gasteiger partial charge is 0.410 e. The lowest BCUT2D eigenvalue weighted by Crippen LogP contribution is -2.46. The highest BCUT2D eigenvalue weighted by Crippen LogP contribution is 2.27. The van der Waals surface area contributed by atoms with Gasteiger partial charge in [0.15, 0.2) is 5.13 Å². The summed E-state index contributed by atoms with van der Waals surface area (Å²) in [4.78, 5) is 56.8. The molecule has 3 N–H and O–H groups in total. The molecule has 5 rings (SSSR count). The van der Waals surface area contributed by atoms with Gasteiger partial charge in [-0.3, -0.25) is 14.5 Å². The van der Waals surface area contributed by atoms with Crippen LogP contribution in [0.1, 0.15) is 41.6 Å². The molecular formula is C29H31N5O6S. The molecule has 4 amide bonds. The van der Waals surface area contributed by atoms with Gasteiger partial charge in [-0.1, -0.05) is 42.5 Å². The maximum Gasteiger partial charge on any atom is 0.410 e. The van der Waals surface area contributed by atoms with Crippen molar-refractivity contribution < 1.29 is 29.0 Å². The Hall–Kier alpha value is -4.45. The number of rotatable bonds is 7. The lowest BCUT2D eigenvalue weighted by molar-refractivity contribution is -0.120. The Bertz CT molecular complexity index is 1390. The second-order valence-electron chi connectivity index (χ2n) is 10.0. The lowest BCUT2D eigenvalue weighted by Gasteiger charge is -2.30. The van der Waals surface area contributed by atoms with Crippen LogP contribution in [0.3, 0.4) is 0 Å². The summed E-state index contributed by atoms with van der Waals surface area (Å²) in [5, 5.41) is 17.1. The van der Waals surface area contributed by atoms with Crippen molar-refractivity contribution in [3.8, 4) is 11.3 Å². The third-order valence-electron chi connectivity index (χ3n) is 7.27. The first-order valence-corrected chi connectivity index (χ1v) is 14.4. The minimum Gasteiger partial charge on any atom is -0.465 e. The molecule has 41 heavy (non-hydrogen) atoms. The number of piperidine rings is 1. The molecule has 0 bridgehead atoms. The number of benzene rings is 2. The molecule has 2 saturated heterocycles. The molecule has 0 radical (unpaired) electrons. The number of likely N-dealkylation sites (tertiary alicyclic amines) is 2. The number of thiazole rings is 1. The van der Waals surface area contributed by atoms with E-state index in [1.54, 1.807) is 24.3 Å². The summed E-state index contributed by atoms with van der Waals surface area (Å²) >= 11 is 1.28. The van der Waals surface area contributed by atoms with E-state index in [9.17, 15) is 19.2 Å². The second kappa shape index (κ2) is 12.8. The molecule has 3 heterocycles. The molecule has 2 aliphatic rings. The fourth-order valence-electron chi connectivity index (χ4n) is 4.99. The summed E-state index contributed by atoms with van der Waals surface area (Å²) in [6, 6.07) is 15.7. The second-order valence-corrected chi connectivity index (χ2v) is 10.9. The van der Waals surface area contributed by atoms with E-state index in [0.717, 1.165) is 11.1 Å². The Morgan fingerprint density at radius 1 is 0.976 bits per heavy atom. The van der Waals surface area contributed by atoms with Crippen molar-refractivity contribution in [2.75, 3.05) is 25.0 Å². The SMILES string of the molecule is O=C(NC1CCN(C(=O)O)CC1)c1ccc(-c2csc(NC(=O)C3CCCN3C(=O)OCc3ccccc3)n2)cc1. The molecule has 11 nitrogen and oxygen atoms in total. The summed E-state index contributed by atoms with van der Waals surface area (Å²) in [6.07, 6.45) is 0.972. The number of nitrogens with zero attached hydrogens (tertiary/aromatic N) is 3. The number of hydrogen-bond donors (Lipinski definition) is 3. The molecule has 2 aliphatic heterocycles. The normalized spacial score (nSPS) is 17.2. The monoisotopic (exact) mass is 577 g/mol. The van der Waals surface area contributed by atoms with Crippen LogP contribution in [0.2, 0.25) is 0 Å². The first kappa shape index (κ1) is 28.1. The summed E-state index contributed by atoms with van der Waals surface area (Å²) in [6.45, 7) is 1.40. The van der Waals surface area contributed by atoms with Gasteiger partial charge < -0.3 is 25.4 Å². The summed E-state index contributed by atoms with van der Waals surface area (Å²) in [5.74, 6) is -0.513. The molecule has 3 aromatic rings. The largest absolute Gasteiger partial charge is 0.465 e. The topological polar surface area (TPSA) is 141 Å². The molecule has 1 unspecified atom stereocenters. The van der Waals surface area contributed by atoms with Gasteiger partial charge in [-0.15, -0.1) is 11.3 Å². The molecule has 1 atom stereocenters. The van der Waals surface area contributed by atoms with Crippen LogP contribution in [0.5, 0.6) is 0 Å². The minimum absolute atomic E-state index is 0.0657. The van der Waals surface area contributed by atoms with Crippen LogP contribution in [-0.4, -0.2) is 75.6 Å². The zero-order valence-corrected chi connectivity index (χ0v) is 23.1. The number of amides is 4. The van der Waals surface area contributed by atoms with Gasteiger partial charge in [0.1, 0.15) is 12.6 Å². The first-order valence-electron chi connectivity index (χ1n) is 13.5. The van der Waals surface area contributed by atoms with Gasteiger partial charge >= 0.3 is 12.2 Å². The Morgan fingerprint density at radius 3 is 2.41 bits per heavy atom. The van der Waals surface area contributed by atoms with E-state index in [-0.39, 0.29) is 24.5 Å². The number of anilines is 1. The summed E-state index contributed by atoms with van der Waals surface area (Å²) < 4.78 is 5.43. The van der Waals surface area contributed by atoms with Crippen molar-refractivity contribution in [2.45, 2.75) is 44.4 Å². The molecule has 1 aromatic heterocycles. The number of ether oxygens (including phenoxy) is 1. The molecule has 0 spiro atoms. The fourth-order valence-corrected chi connectivity index (χ4v) is 5.71. The molecule has 2 aromatic carbocycles. The van der Waals surface area contributed by atoms with Gasteiger partial charge in [0, 0.05) is 42.2 Å². The Balaban J connectivity index is 1.13. The van der Waals surface area contributed by atoms with Crippen LogP contribution in [0, 0.1) is 0 Å². The quantitative estimate of drug-likeness (QED) is 0.377. The Morgan fingerprint density at radius 2 is 1.71 bits per heavy atom. The van der Waals surface area contributed by atoms with E-state index in [0.29, 0.717) is 61.7 Å². The number of carbonyl (C=O) groups excluding carboxylic acids is 3. The average molecular weight is 578 g/mol. The number of aromatic nitrogens is 1. The average Bonchev–Trinajstić information content (AvgIpc) is 3.67. The highest BCUT2D eigenvalue weighted by Gasteiger charge is 2.35. The predicted octanol–water partition coefficient (Wildman–Crippen LogP) is 4.42. The molecule has 0 saturated carbocycles. The van der Waals surface area contributed by atoms with Crippen LogP contribution in [0.15, 0.2) is 60.0 Å². The third kappa shape index (κ3) is 7.01. The van der Waals surface area contributed by atoms with E-state index in [1.807, 2.05) is 35.7 Å². The van der Waals surface area contributed by atoms with Gasteiger partial charge in [0.25, 0.3) is 5.91 Å². The van der Waals surface area contributed by atoms with Gasteiger partial charge in [0.05, 0.1) is 5.69 Å². The highest BCUT2D eigenvalue weighted by atomic mass is 32.1.